The first-order chi connectivity index (χ1) is 12.8. The standard InChI is InChI=1S/C18H11BrClFN2O2S2/c1-9-2-4-11(13(20)6-9)16(24)22-23-17(25)15(27-18(23)26)8-10-3-5-14(21)12(19)7-10/h2-8H,1H3,(H,22,24)/b15-8+. The molecule has 0 saturated carbocycles. The highest BCUT2D eigenvalue weighted by Crippen LogP contribution is 2.32. The summed E-state index contributed by atoms with van der Waals surface area (Å²) in [6.07, 6.45) is 1.58. The Kier molecular flexibility index (Phi) is 6.00. The molecule has 1 heterocycles. The maximum Gasteiger partial charge on any atom is 0.285 e. The summed E-state index contributed by atoms with van der Waals surface area (Å²) in [5, 5.41) is 1.28. The lowest BCUT2D eigenvalue weighted by molar-refractivity contribution is -0.123. The summed E-state index contributed by atoms with van der Waals surface area (Å²) in [6, 6.07) is 9.36. The second-order valence-corrected chi connectivity index (χ2v) is 8.55. The monoisotopic (exact) mass is 484 g/mol. The first-order valence-corrected chi connectivity index (χ1v) is 9.96. The van der Waals surface area contributed by atoms with E-state index in [1.165, 1.54) is 12.1 Å². The van der Waals surface area contributed by atoms with E-state index >= 15 is 0 Å². The van der Waals surface area contributed by atoms with Crippen molar-refractivity contribution in [2.24, 2.45) is 0 Å². The molecule has 3 rings (SSSR count). The van der Waals surface area contributed by atoms with Crippen LogP contribution in [0.15, 0.2) is 45.8 Å². The van der Waals surface area contributed by atoms with E-state index in [9.17, 15) is 14.0 Å². The molecule has 4 nitrogen and oxygen atoms in total. The molecule has 0 radical (unpaired) electrons. The van der Waals surface area contributed by atoms with Gasteiger partial charge in [-0.1, -0.05) is 35.5 Å². The number of nitrogens with one attached hydrogen (secondary N) is 1. The van der Waals surface area contributed by atoms with Crippen LogP contribution in [0.4, 0.5) is 4.39 Å². The Hall–Kier alpha value is -1.74. The van der Waals surface area contributed by atoms with Crippen LogP contribution >= 0.6 is 51.5 Å². The molecule has 0 aliphatic carbocycles. The first kappa shape index (κ1) is 20.0. The van der Waals surface area contributed by atoms with E-state index in [0.29, 0.717) is 10.5 Å². The predicted molar refractivity (Wildman–Crippen MR) is 113 cm³/mol. The quantitative estimate of drug-likeness (QED) is 0.486. The first-order valence-electron chi connectivity index (χ1n) is 7.56. The summed E-state index contributed by atoms with van der Waals surface area (Å²) in [5.74, 6) is -1.41. The van der Waals surface area contributed by atoms with E-state index in [1.807, 2.05) is 6.92 Å². The number of hydrogen-bond acceptors (Lipinski definition) is 4. The van der Waals surface area contributed by atoms with Gasteiger partial charge in [-0.05, 0) is 76.5 Å². The van der Waals surface area contributed by atoms with Gasteiger partial charge in [0.05, 0.1) is 20.0 Å². The van der Waals surface area contributed by atoms with Crippen LogP contribution in [0.1, 0.15) is 21.5 Å². The highest BCUT2D eigenvalue weighted by molar-refractivity contribution is 9.10. The van der Waals surface area contributed by atoms with Gasteiger partial charge in [-0.2, -0.15) is 5.01 Å². The molecule has 2 aromatic rings. The van der Waals surface area contributed by atoms with Crippen LogP contribution < -0.4 is 5.43 Å². The number of hydrogen-bond donors (Lipinski definition) is 1. The molecule has 0 aromatic heterocycles. The number of benzene rings is 2. The average Bonchev–Trinajstić information content (AvgIpc) is 2.85. The largest absolute Gasteiger partial charge is 0.285 e. The van der Waals surface area contributed by atoms with Crippen molar-refractivity contribution in [2.75, 3.05) is 0 Å². The number of thioether (sulfide) groups is 1. The Morgan fingerprint density at radius 2 is 2.07 bits per heavy atom. The third kappa shape index (κ3) is 4.40. The molecule has 138 valence electrons. The van der Waals surface area contributed by atoms with Crippen LogP contribution in [0.25, 0.3) is 6.08 Å². The Morgan fingerprint density at radius 1 is 1.33 bits per heavy atom. The minimum absolute atomic E-state index is 0.184. The van der Waals surface area contributed by atoms with Gasteiger partial charge >= 0.3 is 0 Å². The number of thiocarbonyl (C=S) groups is 1. The molecule has 27 heavy (non-hydrogen) atoms. The van der Waals surface area contributed by atoms with Crippen molar-refractivity contribution in [3.63, 3.8) is 0 Å². The number of aryl methyl sites for hydroxylation is 1. The highest BCUT2D eigenvalue weighted by Gasteiger charge is 2.34. The van der Waals surface area contributed by atoms with Crippen molar-refractivity contribution < 1.29 is 14.0 Å². The van der Waals surface area contributed by atoms with Gasteiger partial charge in [0.15, 0.2) is 4.32 Å². The number of amides is 2. The summed E-state index contributed by atoms with van der Waals surface area (Å²) in [6.45, 7) is 1.86. The molecule has 0 atom stereocenters. The van der Waals surface area contributed by atoms with Gasteiger partial charge in [-0.15, -0.1) is 0 Å². The fourth-order valence-corrected chi connectivity index (χ4v) is 4.18. The minimum atomic E-state index is -0.540. The second-order valence-electron chi connectivity index (χ2n) is 5.61. The van der Waals surface area contributed by atoms with Crippen LogP contribution in [0.3, 0.4) is 0 Å². The highest BCUT2D eigenvalue weighted by atomic mass is 79.9. The van der Waals surface area contributed by atoms with Crippen molar-refractivity contribution >= 4 is 73.7 Å². The molecule has 2 amide bonds. The molecule has 1 N–H and O–H groups in total. The molecule has 1 fully saturated rings. The van der Waals surface area contributed by atoms with Gasteiger partial charge in [-0.3, -0.25) is 15.0 Å². The molecule has 0 unspecified atom stereocenters. The molecule has 9 heteroatoms. The number of carbonyl (C=O) groups is 2. The van der Waals surface area contributed by atoms with E-state index in [1.54, 1.807) is 30.3 Å². The van der Waals surface area contributed by atoms with Gasteiger partial charge < -0.3 is 0 Å². The van der Waals surface area contributed by atoms with Gasteiger partial charge in [0.2, 0.25) is 0 Å². The molecular weight excluding hydrogens is 475 g/mol. The van der Waals surface area contributed by atoms with Gasteiger partial charge in [-0.25, -0.2) is 4.39 Å². The summed E-state index contributed by atoms with van der Waals surface area (Å²) >= 11 is 15.4. The van der Waals surface area contributed by atoms with Crippen LogP contribution in [0.5, 0.6) is 0 Å². The predicted octanol–water partition coefficient (Wildman–Crippen LogP) is 5.10. The van der Waals surface area contributed by atoms with Crippen molar-refractivity contribution in [3.8, 4) is 0 Å². The Morgan fingerprint density at radius 3 is 2.74 bits per heavy atom. The molecule has 0 bridgehead atoms. The molecular formula is C18H11BrClFN2O2S2. The molecule has 1 aliphatic rings. The number of rotatable bonds is 3. The molecule has 2 aromatic carbocycles. The van der Waals surface area contributed by atoms with Crippen molar-refractivity contribution in [1.82, 2.24) is 10.4 Å². The van der Waals surface area contributed by atoms with Crippen LogP contribution in [0, 0.1) is 12.7 Å². The van der Waals surface area contributed by atoms with E-state index in [0.717, 1.165) is 22.3 Å². The lowest BCUT2D eigenvalue weighted by Gasteiger charge is -2.16. The fourth-order valence-electron chi connectivity index (χ4n) is 2.28. The summed E-state index contributed by atoms with van der Waals surface area (Å²) in [5.41, 5.74) is 4.25. The normalized spacial score (nSPS) is 15.6. The van der Waals surface area contributed by atoms with Gasteiger partial charge in [0, 0.05) is 0 Å². The zero-order chi connectivity index (χ0) is 19.7. The smallest absolute Gasteiger partial charge is 0.267 e. The van der Waals surface area contributed by atoms with Crippen LogP contribution in [0.2, 0.25) is 5.02 Å². The zero-order valence-electron chi connectivity index (χ0n) is 13.8. The van der Waals surface area contributed by atoms with E-state index in [4.69, 9.17) is 23.8 Å². The second kappa shape index (κ2) is 8.10. The van der Waals surface area contributed by atoms with E-state index in [-0.39, 0.29) is 19.4 Å². The van der Waals surface area contributed by atoms with E-state index < -0.39 is 17.6 Å². The Bertz CT molecular complexity index is 1010. The van der Waals surface area contributed by atoms with E-state index in [2.05, 4.69) is 21.4 Å². The van der Waals surface area contributed by atoms with Gasteiger partial charge in [0.1, 0.15) is 5.82 Å². The molecule has 1 saturated heterocycles. The van der Waals surface area contributed by atoms with Crippen molar-refractivity contribution in [1.29, 1.82) is 0 Å². The zero-order valence-corrected chi connectivity index (χ0v) is 17.7. The van der Waals surface area contributed by atoms with Crippen LogP contribution in [-0.4, -0.2) is 21.1 Å². The third-order valence-corrected chi connectivity index (χ3v) is 5.84. The Balaban J connectivity index is 1.80. The number of carbonyl (C=O) groups excluding carboxylic acids is 2. The number of nitrogens with zero attached hydrogens (tertiary/aromatic N) is 1. The lowest BCUT2D eigenvalue weighted by Crippen LogP contribution is -2.44. The summed E-state index contributed by atoms with van der Waals surface area (Å²) in [4.78, 5) is 25.4. The van der Waals surface area contributed by atoms with Crippen LogP contribution in [-0.2, 0) is 4.79 Å². The topological polar surface area (TPSA) is 49.4 Å². The maximum atomic E-state index is 13.3. The summed E-state index contributed by atoms with van der Waals surface area (Å²) in [7, 11) is 0. The third-order valence-electron chi connectivity index (χ3n) is 3.62. The number of halogens is 3. The molecule has 1 aliphatic heterocycles. The SMILES string of the molecule is Cc1ccc(C(=O)NN2C(=O)/C(=C\c3ccc(F)c(Br)c3)SC2=S)c(Cl)c1. The van der Waals surface area contributed by atoms with Crippen molar-refractivity contribution in [2.45, 2.75) is 6.92 Å². The summed E-state index contributed by atoms with van der Waals surface area (Å²) < 4.78 is 13.8. The lowest BCUT2D eigenvalue weighted by atomic mass is 10.1. The Labute approximate surface area is 177 Å². The van der Waals surface area contributed by atoms with Crippen molar-refractivity contribution in [3.05, 3.63) is 73.3 Å². The average molecular weight is 486 g/mol. The maximum absolute atomic E-state index is 13.3. The fraction of sp³-hybridized carbons (Fsp3) is 0.0556. The van der Waals surface area contributed by atoms with Gasteiger partial charge in [0.25, 0.3) is 11.8 Å². The minimum Gasteiger partial charge on any atom is -0.267 e. The number of hydrazine groups is 1. The molecule has 0 spiro atoms.